The molecule has 2 aromatic rings. The van der Waals surface area contributed by atoms with Gasteiger partial charge in [0.25, 0.3) is 0 Å². The zero-order valence-electron chi connectivity index (χ0n) is 18.9. The Morgan fingerprint density at radius 3 is 2.23 bits per heavy atom. The van der Waals surface area contributed by atoms with Gasteiger partial charge in [-0.3, -0.25) is 0 Å². The molecule has 1 N–H and O–H groups in total. The number of hydrogen-bond donors (Lipinski definition) is 1. The van der Waals surface area contributed by atoms with Crippen LogP contribution in [0.3, 0.4) is 0 Å². The zero-order valence-corrected chi connectivity index (χ0v) is 21.3. The molecule has 0 radical (unpaired) electrons. The van der Waals surface area contributed by atoms with Gasteiger partial charge in [-0.2, -0.15) is 0 Å². The smallest absolute Gasteiger partial charge is 0.120 e. The lowest BCUT2D eigenvalue weighted by atomic mass is 10.2. The molecule has 0 aliphatic rings. The van der Waals surface area contributed by atoms with Crippen LogP contribution in [0.2, 0.25) is 5.02 Å². The first-order valence-electron chi connectivity index (χ1n) is 11.1. The number of rotatable bonds is 15. The molecule has 0 atom stereocenters. The van der Waals surface area contributed by atoms with Crippen LogP contribution in [0.15, 0.2) is 48.5 Å². The molecule has 0 fully saturated rings. The normalized spacial score (nSPS) is 10.5. The lowest BCUT2D eigenvalue weighted by Gasteiger charge is -2.22. The molecule has 3 nitrogen and oxygen atoms in total. The second-order valence-electron chi connectivity index (χ2n) is 7.61. The van der Waals surface area contributed by atoms with Gasteiger partial charge >= 0.3 is 0 Å². The third-order valence-electron chi connectivity index (χ3n) is 5.06. The van der Waals surface area contributed by atoms with Crippen LogP contribution in [0, 0.1) is 0 Å². The van der Waals surface area contributed by atoms with Crippen molar-refractivity contribution < 1.29 is 4.74 Å². The van der Waals surface area contributed by atoms with Gasteiger partial charge < -0.3 is 15.0 Å². The average molecular weight is 490 g/mol. The molecule has 0 heterocycles. The van der Waals surface area contributed by atoms with Crippen molar-refractivity contribution in [2.45, 2.75) is 59.1 Å². The van der Waals surface area contributed by atoms with E-state index in [0.717, 1.165) is 29.4 Å². The van der Waals surface area contributed by atoms with E-state index >= 15 is 0 Å². The van der Waals surface area contributed by atoms with E-state index in [1.54, 1.807) is 0 Å². The van der Waals surface area contributed by atoms with Crippen LogP contribution in [0.1, 0.15) is 57.1 Å². The van der Waals surface area contributed by atoms with Gasteiger partial charge in [0.2, 0.25) is 0 Å². The van der Waals surface area contributed by atoms with Crippen molar-refractivity contribution in [1.82, 2.24) is 10.2 Å². The van der Waals surface area contributed by atoms with E-state index in [1.165, 1.54) is 57.3 Å². The summed E-state index contributed by atoms with van der Waals surface area (Å²) in [6.07, 6.45) is 6.35. The molecule has 0 aliphatic heterocycles. The molecule has 0 aliphatic carbocycles. The predicted octanol–water partition coefficient (Wildman–Crippen LogP) is 7.14. The average Bonchev–Trinajstić information content (AvgIpc) is 2.74. The first-order chi connectivity index (χ1) is 14.2. The van der Waals surface area contributed by atoms with Crippen molar-refractivity contribution in [3.8, 4) is 5.75 Å². The minimum atomic E-state index is 0. The monoisotopic (exact) mass is 488 g/mol. The molecule has 0 bridgehead atoms. The Kier molecular flexibility index (Phi) is 18.0. The van der Waals surface area contributed by atoms with Gasteiger partial charge in [0.05, 0.1) is 0 Å². The third-order valence-corrected chi connectivity index (χ3v) is 5.43. The summed E-state index contributed by atoms with van der Waals surface area (Å²) in [7, 11) is 0. The van der Waals surface area contributed by atoms with Crippen molar-refractivity contribution in [1.29, 1.82) is 0 Å². The van der Waals surface area contributed by atoms with Crippen molar-refractivity contribution >= 4 is 36.4 Å². The SMILES string of the molecule is CCCCN(CCCC)CCCNCc1cccc(OCc2ccccc2Cl)c1.Cl.Cl. The van der Waals surface area contributed by atoms with E-state index in [1.807, 2.05) is 30.3 Å². The van der Waals surface area contributed by atoms with E-state index in [2.05, 4.69) is 42.3 Å². The van der Waals surface area contributed by atoms with Crippen LogP contribution in [-0.2, 0) is 13.2 Å². The fraction of sp³-hybridized carbons (Fsp3) is 0.520. The highest BCUT2D eigenvalue weighted by atomic mass is 35.5. The lowest BCUT2D eigenvalue weighted by molar-refractivity contribution is 0.261. The minimum absolute atomic E-state index is 0. The van der Waals surface area contributed by atoms with Crippen LogP contribution in [0.4, 0.5) is 0 Å². The molecular formula is C25H39Cl3N2O. The third kappa shape index (κ3) is 12.6. The quantitative estimate of drug-likeness (QED) is 0.269. The number of unbranched alkanes of at least 4 members (excludes halogenated alkanes) is 2. The molecular weight excluding hydrogens is 451 g/mol. The summed E-state index contributed by atoms with van der Waals surface area (Å²) in [6, 6.07) is 16.1. The van der Waals surface area contributed by atoms with E-state index in [0.29, 0.717) is 6.61 Å². The van der Waals surface area contributed by atoms with E-state index in [9.17, 15) is 0 Å². The van der Waals surface area contributed by atoms with Crippen LogP contribution in [-0.4, -0.2) is 31.1 Å². The summed E-state index contributed by atoms with van der Waals surface area (Å²) in [5.74, 6) is 0.884. The number of nitrogens with zero attached hydrogens (tertiary/aromatic N) is 1. The summed E-state index contributed by atoms with van der Waals surface area (Å²) in [5.41, 5.74) is 2.25. The summed E-state index contributed by atoms with van der Waals surface area (Å²) >= 11 is 6.20. The molecule has 0 saturated heterocycles. The first-order valence-corrected chi connectivity index (χ1v) is 11.5. The van der Waals surface area contributed by atoms with Crippen LogP contribution in [0.5, 0.6) is 5.75 Å². The van der Waals surface area contributed by atoms with Gasteiger partial charge in [-0.05, 0) is 69.2 Å². The molecule has 0 amide bonds. The summed E-state index contributed by atoms with van der Waals surface area (Å²) in [6.45, 7) is 10.6. The molecule has 0 saturated carbocycles. The Balaban J connectivity index is 0.00000450. The molecule has 0 spiro atoms. The maximum absolute atomic E-state index is 6.20. The van der Waals surface area contributed by atoms with Gasteiger partial charge in [-0.1, -0.05) is 68.6 Å². The minimum Gasteiger partial charge on any atom is -0.489 e. The number of nitrogens with one attached hydrogen (secondary N) is 1. The highest BCUT2D eigenvalue weighted by Crippen LogP contribution is 2.19. The highest BCUT2D eigenvalue weighted by molar-refractivity contribution is 6.31. The number of benzene rings is 2. The molecule has 6 heteroatoms. The van der Waals surface area contributed by atoms with Gasteiger partial charge in [-0.15, -0.1) is 24.8 Å². The summed E-state index contributed by atoms with van der Waals surface area (Å²) < 4.78 is 5.93. The van der Waals surface area contributed by atoms with Gasteiger partial charge in [-0.25, -0.2) is 0 Å². The van der Waals surface area contributed by atoms with Crippen molar-refractivity contribution in [3.63, 3.8) is 0 Å². The van der Waals surface area contributed by atoms with Crippen molar-refractivity contribution in [2.75, 3.05) is 26.2 Å². The zero-order chi connectivity index (χ0) is 20.7. The van der Waals surface area contributed by atoms with Crippen LogP contribution in [0.25, 0.3) is 0 Å². The van der Waals surface area contributed by atoms with E-state index < -0.39 is 0 Å². The Morgan fingerprint density at radius 2 is 1.55 bits per heavy atom. The summed E-state index contributed by atoms with van der Waals surface area (Å²) in [5, 5.41) is 4.32. The lowest BCUT2D eigenvalue weighted by Crippen LogP contribution is -2.29. The molecule has 2 aromatic carbocycles. The number of ether oxygens (including phenoxy) is 1. The largest absolute Gasteiger partial charge is 0.489 e. The second kappa shape index (κ2) is 18.6. The van der Waals surface area contributed by atoms with Crippen LogP contribution >= 0.6 is 36.4 Å². The maximum Gasteiger partial charge on any atom is 0.120 e. The second-order valence-corrected chi connectivity index (χ2v) is 8.01. The molecule has 2 rings (SSSR count). The topological polar surface area (TPSA) is 24.5 Å². The fourth-order valence-corrected chi connectivity index (χ4v) is 3.47. The molecule has 0 aromatic heterocycles. The van der Waals surface area contributed by atoms with Gasteiger partial charge in [0, 0.05) is 17.1 Å². The van der Waals surface area contributed by atoms with Crippen molar-refractivity contribution in [3.05, 3.63) is 64.7 Å². The Hall–Kier alpha value is -0.970. The summed E-state index contributed by atoms with van der Waals surface area (Å²) in [4.78, 5) is 2.62. The molecule has 176 valence electrons. The maximum atomic E-state index is 6.20. The predicted molar refractivity (Wildman–Crippen MR) is 139 cm³/mol. The van der Waals surface area contributed by atoms with Gasteiger partial charge in [0.1, 0.15) is 12.4 Å². The van der Waals surface area contributed by atoms with Gasteiger partial charge in [0.15, 0.2) is 0 Å². The van der Waals surface area contributed by atoms with Crippen LogP contribution < -0.4 is 10.1 Å². The Bertz CT molecular complexity index is 692. The van der Waals surface area contributed by atoms with E-state index in [4.69, 9.17) is 16.3 Å². The number of halogens is 3. The van der Waals surface area contributed by atoms with Crippen molar-refractivity contribution in [2.24, 2.45) is 0 Å². The number of hydrogen-bond acceptors (Lipinski definition) is 3. The fourth-order valence-electron chi connectivity index (χ4n) is 3.28. The molecule has 31 heavy (non-hydrogen) atoms. The highest BCUT2D eigenvalue weighted by Gasteiger charge is 2.04. The molecule has 0 unspecified atom stereocenters. The Labute approximate surface area is 206 Å². The Morgan fingerprint density at radius 1 is 0.871 bits per heavy atom. The standard InChI is InChI=1S/C25H37ClN2O.2ClH/c1-3-5-16-28(17-6-4-2)18-10-15-27-20-22-11-9-13-24(19-22)29-21-23-12-7-8-14-25(23)26;;/h7-9,11-14,19,27H,3-6,10,15-18,20-21H2,1-2H3;2*1H. The first kappa shape index (κ1) is 30.0. The van der Waals surface area contributed by atoms with E-state index in [-0.39, 0.29) is 24.8 Å².